The zero-order chi connectivity index (χ0) is 24.2. The molecule has 0 aliphatic carbocycles. The van der Waals surface area contributed by atoms with Gasteiger partial charge in [-0.05, 0) is 48.7 Å². The van der Waals surface area contributed by atoms with Gasteiger partial charge >= 0.3 is 5.69 Å². The summed E-state index contributed by atoms with van der Waals surface area (Å²) in [5, 5.41) is 13.6. The minimum Gasteiger partial charge on any atom is -0.422 e. The topological polar surface area (TPSA) is 113 Å². The van der Waals surface area contributed by atoms with Crippen LogP contribution in [-0.2, 0) is 0 Å². The Kier molecular flexibility index (Phi) is 6.38. The summed E-state index contributed by atoms with van der Waals surface area (Å²) in [6.45, 7) is 1.57. The lowest BCUT2D eigenvalue weighted by atomic mass is 10.0. The van der Waals surface area contributed by atoms with E-state index in [1.54, 1.807) is 24.5 Å². The van der Waals surface area contributed by atoms with Gasteiger partial charge in [-0.2, -0.15) is 4.98 Å². The second kappa shape index (κ2) is 9.92. The molecule has 9 nitrogen and oxygen atoms in total. The molecule has 1 aliphatic heterocycles. The molecular formula is C26H26N6O3. The highest BCUT2D eigenvalue weighted by Gasteiger charge is 2.18. The Labute approximate surface area is 202 Å². The van der Waals surface area contributed by atoms with Crippen LogP contribution in [0.25, 0.3) is 22.2 Å². The summed E-state index contributed by atoms with van der Waals surface area (Å²) < 4.78 is 0.428. The van der Waals surface area contributed by atoms with Crippen molar-refractivity contribution in [2.75, 3.05) is 18.4 Å². The average Bonchev–Trinajstić information content (AvgIpc) is 2.87. The normalized spacial score (nSPS) is 14.3. The summed E-state index contributed by atoms with van der Waals surface area (Å²) >= 11 is 0. The number of anilines is 2. The minimum absolute atomic E-state index is 0.0169. The monoisotopic (exact) mass is 470 g/mol. The van der Waals surface area contributed by atoms with E-state index in [9.17, 15) is 14.8 Å². The van der Waals surface area contributed by atoms with E-state index in [1.807, 2.05) is 35.2 Å². The zero-order valence-corrected chi connectivity index (χ0v) is 19.2. The quantitative estimate of drug-likeness (QED) is 0.429. The lowest BCUT2D eigenvalue weighted by molar-refractivity contribution is 0.0742. The second-order valence-corrected chi connectivity index (χ2v) is 8.66. The molecular weight excluding hydrogens is 444 g/mol. The van der Waals surface area contributed by atoms with Crippen LogP contribution in [0, 0.1) is 0 Å². The molecule has 178 valence electrons. The summed E-state index contributed by atoms with van der Waals surface area (Å²) in [5.74, 6) is 0.308. The molecule has 0 bridgehead atoms. The Bertz CT molecular complexity index is 1430. The van der Waals surface area contributed by atoms with Crippen LogP contribution in [0.1, 0.15) is 42.5 Å². The van der Waals surface area contributed by atoms with E-state index < -0.39 is 5.69 Å². The highest BCUT2D eigenvalue weighted by atomic mass is 16.5. The van der Waals surface area contributed by atoms with Crippen molar-refractivity contribution in [1.82, 2.24) is 24.6 Å². The van der Waals surface area contributed by atoms with Crippen molar-refractivity contribution in [2.24, 2.45) is 0 Å². The highest BCUT2D eigenvalue weighted by Crippen LogP contribution is 2.27. The fourth-order valence-electron chi connectivity index (χ4n) is 4.40. The van der Waals surface area contributed by atoms with Crippen LogP contribution in [0.4, 0.5) is 11.5 Å². The Morgan fingerprint density at radius 2 is 1.74 bits per heavy atom. The first-order valence-corrected chi connectivity index (χ1v) is 11.8. The van der Waals surface area contributed by atoms with Crippen LogP contribution in [0.5, 0.6) is 0 Å². The van der Waals surface area contributed by atoms with E-state index in [4.69, 9.17) is 0 Å². The molecule has 1 amide bonds. The average molecular weight is 471 g/mol. The van der Waals surface area contributed by atoms with Crippen molar-refractivity contribution in [2.45, 2.75) is 32.1 Å². The number of pyridine rings is 2. The number of fused-ring (bicyclic) bond motifs is 1. The van der Waals surface area contributed by atoms with Crippen molar-refractivity contribution >= 4 is 28.4 Å². The van der Waals surface area contributed by atoms with Crippen LogP contribution in [0.3, 0.4) is 0 Å². The largest absolute Gasteiger partial charge is 0.422 e. The first-order chi connectivity index (χ1) is 17.1. The molecule has 1 aromatic carbocycles. The van der Waals surface area contributed by atoms with Gasteiger partial charge in [-0.15, -0.1) is 4.73 Å². The van der Waals surface area contributed by atoms with Gasteiger partial charge in [-0.1, -0.05) is 31.4 Å². The van der Waals surface area contributed by atoms with Gasteiger partial charge in [0.05, 0.1) is 10.9 Å². The summed E-state index contributed by atoms with van der Waals surface area (Å²) in [4.78, 5) is 39.5. The van der Waals surface area contributed by atoms with Gasteiger partial charge in [0.2, 0.25) is 0 Å². The summed E-state index contributed by atoms with van der Waals surface area (Å²) in [6.07, 6.45) is 10.5. The van der Waals surface area contributed by atoms with E-state index >= 15 is 0 Å². The lowest BCUT2D eigenvalue weighted by Crippen LogP contribution is -2.33. The predicted octanol–water partition coefficient (Wildman–Crippen LogP) is 4.24. The van der Waals surface area contributed by atoms with E-state index in [-0.39, 0.29) is 11.6 Å². The number of benzene rings is 1. The van der Waals surface area contributed by atoms with E-state index in [0.717, 1.165) is 49.9 Å². The van der Waals surface area contributed by atoms with Gasteiger partial charge in [0.25, 0.3) is 5.91 Å². The zero-order valence-electron chi connectivity index (χ0n) is 19.2. The number of amides is 1. The first kappa shape index (κ1) is 22.5. The predicted molar refractivity (Wildman–Crippen MR) is 133 cm³/mol. The number of hydrogen-bond donors (Lipinski definition) is 2. The van der Waals surface area contributed by atoms with Crippen LogP contribution >= 0.6 is 0 Å². The maximum absolute atomic E-state index is 13.1. The number of hydrogen-bond acceptors (Lipinski definition) is 7. The fourth-order valence-corrected chi connectivity index (χ4v) is 4.40. The Morgan fingerprint density at radius 1 is 0.943 bits per heavy atom. The number of aromatic nitrogens is 4. The molecule has 4 heterocycles. The molecule has 9 heteroatoms. The summed E-state index contributed by atoms with van der Waals surface area (Å²) in [5.41, 5.74) is 2.24. The molecule has 0 unspecified atom stereocenters. The Balaban J connectivity index is 1.42. The van der Waals surface area contributed by atoms with Crippen molar-refractivity contribution in [3.05, 3.63) is 77.1 Å². The summed E-state index contributed by atoms with van der Waals surface area (Å²) in [7, 11) is 0. The van der Waals surface area contributed by atoms with Crippen LogP contribution in [0.2, 0.25) is 0 Å². The molecule has 5 rings (SSSR count). The van der Waals surface area contributed by atoms with Gasteiger partial charge < -0.3 is 15.4 Å². The molecule has 1 fully saturated rings. The molecule has 0 saturated carbocycles. The van der Waals surface area contributed by atoms with E-state index in [1.165, 1.54) is 12.6 Å². The summed E-state index contributed by atoms with van der Waals surface area (Å²) in [6, 6.07) is 12.9. The van der Waals surface area contributed by atoms with E-state index in [0.29, 0.717) is 27.2 Å². The highest BCUT2D eigenvalue weighted by molar-refractivity contribution is 5.95. The SMILES string of the molecule is O=C(c1cncc(-c2cccc(Nc3nc(=O)n(O)c4ncccc34)c2)c1)N1CCCCCCC1. The molecule has 2 N–H and O–H groups in total. The Morgan fingerprint density at radius 3 is 2.57 bits per heavy atom. The van der Waals surface area contributed by atoms with Crippen molar-refractivity contribution in [3.8, 4) is 11.1 Å². The van der Waals surface area contributed by atoms with Crippen molar-refractivity contribution < 1.29 is 10.0 Å². The minimum atomic E-state index is -0.825. The third-order valence-corrected chi connectivity index (χ3v) is 6.22. The number of carbonyl (C=O) groups excluding carboxylic acids is 1. The number of rotatable bonds is 4. The lowest BCUT2D eigenvalue weighted by Gasteiger charge is -2.24. The molecule has 1 aliphatic rings. The second-order valence-electron chi connectivity index (χ2n) is 8.66. The van der Waals surface area contributed by atoms with E-state index in [2.05, 4.69) is 20.3 Å². The number of nitrogens with zero attached hydrogens (tertiary/aromatic N) is 5. The van der Waals surface area contributed by atoms with Crippen LogP contribution < -0.4 is 11.0 Å². The maximum Gasteiger partial charge on any atom is 0.384 e. The third-order valence-electron chi connectivity index (χ3n) is 6.22. The number of likely N-dealkylation sites (tertiary alicyclic amines) is 1. The van der Waals surface area contributed by atoms with Gasteiger partial charge in [0.15, 0.2) is 5.65 Å². The number of carbonyl (C=O) groups is 1. The molecule has 1 saturated heterocycles. The number of nitrogens with one attached hydrogen (secondary N) is 1. The molecule has 0 atom stereocenters. The smallest absolute Gasteiger partial charge is 0.384 e. The fraction of sp³-hybridized carbons (Fsp3) is 0.269. The molecule has 0 radical (unpaired) electrons. The van der Waals surface area contributed by atoms with Gasteiger partial charge in [0.1, 0.15) is 5.82 Å². The first-order valence-electron chi connectivity index (χ1n) is 11.8. The molecule has 4 aromatic rings. The van der Waals surface area contributed by atoms with Crippen LogP contribution in [-0.4, -0.2) is 48.8 Å². The van der Waals surface area contributed by atoms with Crippen LogP contribution in [0.15, 0.2) is 65.8 Å². The maximum atomic E-state index is 13.1. The molecule has 35 heavy (non-hydrogen) atoms. The van der Waals surface area contributed by atoms with Gasteiger partial charge in [0, 0.05) is 42.9 Å². The van der Waals surface area contributed by atoms with Crippen molar-refractivity contribution in [1.29, 1.82) is 0 Å². The third kappa shape index (κ3) is 4.84. The van der Waals surface area contributed by atoms with Gasteiger partial charge in [-0.25, -0.2) is 9.78 Å². The molecule has 0 spiro atoms. The standard InChI is InChI=1S/C26H26N6O3/c33-25(31-12-4-2-1-3-5-13-31)20-14-19(16-27-17-20)18-8-6-9-21(15-18)29-23-22-10-7-11-28-24(22)32(35)26(34)30-23/h6-11,14-17,35H,1-5,12-13H2,(H,29,30,34). The van der Waals surface area contributed by atoms with Gasteiger partial charge in [-0.3, -0.25) is 9.78 Å². The Hall–Kier alpha value is -4.27. The van der Waals surface area contributed by atoms with Crippen molar-refractivity contribution in [3.63, 3.8) is 0 Å². The molecule has 3 aromatic heterocycles.